The van der Waals surface area contributed by atoms with Crippen molar-refractivity contribution in [2.75, 3.05) is 7.05 Å². The van der Waals surface area contributed by atoms with Crippen molar-refractivity contribution < 1.29 is 8.42 Å². The van der Waals surface area contributed by atoms with Crippen molar-refractivity contribution in [2.45, 2.75) is 32.2 Å². The van der Waals surface area contributed by atoms with Crippen LogP contribution in [0.5, 0.6) is 0 Å². The summed E-state index contributed by atoms with van der Waals surface area (Å²) in [6.07, 6.45) is 1.70. The van der Waals surface area contributed by atoms with Crippen molar-refractivity contribution in [3.05, 3.63) is 59.2 Å². The molecule has 0 aliphatic heterocycles. The lowest BCUT2D eigenvalue weighted by Gasteiger charge is -2.17. The molecule has 0 aliphatic carbocycles. The average Bonchev–Trinajstić information content (AvgIpc) is 3.09. The summed E-state index contributed by atoms with van der Waals surface area (Å²) in [4.78, 5) is 0.255. The van der Waals surface area contributed by atoms with E-state index in [4.69, 9.17) is 0 Å². The third kappa shape index (κ3) is 3.06. The van der Waals surface area contributed by atoms with Crippen LogP contribution in [0.2, 0.25) is 0 Å². The molecule has 138 valence electrons. The second-order valence-corrected chi connectivity index (χ2v) is 8.37. The number of sulfonamides is 1. The summed E-state index contributed by atoms with van der Waals surface area (Å²) in [5.41, 5.74) is 3.75. The maximum atomic E-state index is 13.2. The summed E-state index contributed by atoms with van der Waals surface area (Å²) < 4.78 is 31.1. The molecule has 0 bridgehead atoms. The summed E-state index contributed by atoms with van der Waals surface area (Å²) in [7, 11) is -0.258. The van der Waals surface area contributed by atoms with Gasteiger partial charge < -0.3 is 0 Å². The van der Waals surface area contributed by atoms with E-state index >= 15 is 0 Å². The van der Waals surface area contributed by atoms with Crippen LogP contribution in [0.25, 0.3) is 5.69 Å². The summed E-state index contributed by atoms with van der Waals surface area (Å²) in [6, 6.07) is 9.52. The lowest BCUT2D eigenvalue weighted by atomic mass is 10.3. The molecule has 0 fully saturated rings. The molecule has 0 amide bonds. The van der Waals surface area contributed by atoms with E-state index in [1.807, 2.05) is 44.3 Å². The number of aromatic nitrogens is 4. The molecule has 26 heavy (non-hydrogen) atoms. The molecular formula is C18H23N5O2S. The second-order valence-electron chi connectivity index (χ2n) is 6.39. The summed E-state index contributed by atoms with van der Waals surface area (Å²) in [5, 5.41) is 8.63. The Bertz CT molecular complexity index is 1040. The number of nitrogens with zero attached hydrogens (tertiary/aromatic N) is 5. The Morgan fingerprint density at radius 2 is 1.73 bits per heavy atom. The van der Waals surface area contributed by atoms with Gasteiger partial charge in [0.05, 0.1) is 23.3 Å². The molecule has 1 aromatic carbocycles. The number of hydrogen-bond acceptors (Lipinski definition) is 4. The normalized spacial score (nSPS) is 12.1. The van der Waals surface area contributed by atoms with Crippen molar-refractivity contribution in [3.8, 4) is 5.69 Å². The summed E-state index contributed by atoms with van der Waals surface area (Å²) >= 11 is 0. The molecule has 3 aromatic rings. The maximum Gasteiger partial charge on any atom is 0.246 e. The highest BCUT2D eigenvalue weighted by Gasteiger charge is 2.29. The minimum atomic E-state index is -3.68. The molecule has 0 N–H and O–H groups in total. The average molecular weight is 373 g/mol. The molecule has 2 aromatic heterocycles. The van der Waals surface area contributed by atoms with E-state index in [9.17, 15) is 8.42 Å². The van der Waals surface area contributed by atoms with Gasteiger partial charge in [0.25, 0.3) is 0 Å². The van der Waals surface area contributed by atoms with E-state index in [-0.39, 0.29) is 11.4 Å². The molecule has 3 rings (SSSR count). The standard InChI is InChI=1S/C18H23N5O2S/c1-13-18(15(3)23(20-13)17-9-7-6-8-10-17)26(24,25)21(4)12-16-11-19-22(5)14(16)2/h6-11H,12H2,1-5H3. The van der Waals surface area contributed by atoms with Gasteiger partial charge in [-0.2, -0.15) is 14.5 Å². The van der Waals surface area contributed by atoms with E-state index in [0.717, 1.165) is 16.9 Å². The summed E-state index contributed by atoms with van der Waals surface area (Å²) in [6.45, 7) is 5.69. The van der Waals surface area contributed by atoms with Crippen molar-refractivity contribution in [2.24, 2.45) is 7.05 Å². The largest absolute Gasteiger partial charge is 0.273 e. The Labute approximate surface area is 153 Å². The molecule has 0 saturated carbocycles. The lowest BCUT2D eigenvalue weighted by molar-refractivity contribution is 0.464. The molecule has 0 unspecified atom stereocenters. The molecule has 8 heteroatoms. The quantitative estimate of drug-likeness (QED) is 0.688. The Kier molecular flexibility index (Phi) is 4.72. The Hall–Kier alpha value is -2.45. The summed E-state index contributed by atoms with van der Waals surface area (Å²) in [5.74, 6) is 0. The van der Waals surface area contributed by atoms with E-state index < -0.39 is 10.0 Å². The fraction of sp³-hybridized carbons (Fsp3) is 0.333. The van der Waals surface area contributed by atoms with E-state index in [0.29, 0.717) is 11.4 Å². The minimum Gasteiger partial charge on any atom is -0.273 e. The third-order valence-corrected chi connectivity index (χ3v) is 6.68. The highest BCUT2D eigenvalue weighted by atomic mass is 32.2. The van der Waals surface area contributed by atoms with Gasteiger partial charge in [0, 0.05) is 31.9 Å². The SMILES string of the molecule is Cc1nn(-c2ccccc2)c(C)c1S(=O)(=O)N(C)Cc1cnn(C)c1C. The molecule has 2 heterocycles. The highest BCUT2D eigenvalue weighted by molar-refractivity contribution is 7.89. The number of hydrogen-bond donors (Lipinski definition) is 0. The van der Waals surface area contributed by atoms with Gasteiger partial charge in [0.15, 0.2) is 0 Å². The van der Waals surface area contributed by atoms with Crippen molar-refractivity contribution in [3.63, 3.8) is 0 Å². The van der Waals surface area contributed by atoms with Gasteiger partial charge in [-0.05, 0) is 32.9 Å². The topological polar surface area (TPSA) is 73.0 Å². The number of aryl methyl sites for hydroxylation is 2. The van der Waals surface area contributed by atoms with Crippen LogP contribution in [0.1, 0.15) is 22.6 Å². The van der Waals surface area contributed by atoms with E-state index in [2.05, 4.69) is 10.2 Å². The first-order chi connectivity index (χ1) is 12.2. The maximum absolute atomic E-state index is 13.2. The van der Waals surface area contributed by atoms with Crippen LogP contribution in [0.15, 0.2) is 41.4 Å². The number of rotatable bonds is 5. The third-order valence-electron chi connectivity index (χ3n) is 4.62. The van der Waals surface area contributed by atoms with Gasteiger partial charge in [0.1, 0.15) is 4.90 Å². The van der Waals surface area contributed by atoms with Crippen LogP contribution in [-0.4, -0.2) is 39.3 Å². The highest BCUT2D eigenvalue weighted by Crippen LogP contribution is 2.26. The van der Waals surface area contributed by atoms with Gasteiger partial charge in [-0.1, -0.05) is 18.2 Å². The van der Waals surface area contributed by atoms with Crippen LogP contribution in [0, 0.1) is 20.8 Å². The second kappa shape index (κ2) is 6.69. The lowest BCUT2D eigenvalue weighted by Crippen LogP contribution is -2.27. The van der Waals surface area contributed by atoms with Gasteiger partial charge in [-0.3, -0.25) is 4.68 Å². The molecule has 0 aliphatic rings. The van der Waals surface area contributed by atoms with E-state index in [1.165, 1.54) is 4.31 Å². The molecule has 7 nitrogen and oxygen atoms in total. The molecular weight excluding hydrogens is 350 g/mol. The Morgan fingerprint density at radius 3 is 2.31 bits per heavy atom. The molecule has 0 saturated heterocycles. The van der Waals surface area contributed by atoms with Crippen LogP contribution in [0.3, 0.4) is 0 Å². The predicted octanol–water partition coefficient (Wildman–Crippen LogP) is 2.35. The van der Waals surface area contributed by atoms with Crippen LogP contribution in [0.4, 0.5) is 0 Å². The minimum absolute atomic E-state index is 0.255. The predicted molar refractivity (Wildman–Crippen MR) is 99.6 cm³/mol. The van der Waals surface area contributed by atoms with Crippen LogP contribution >= 0.6 is 0 Å². The van der Waals surface area contributed by atoms with Crippen molar-refractivity contribution >= 4 is 10.0 Å². The van der Waals surface area contributed by atoms with Gasteiger partial charge in [0.2, 0.25) is 10.0 Å². The molecule has 0 atom stereocenters. The Morgan fingerprint density at radius 1 is 1.08 bits per heavy atom. The first kappa shape index (κ1) is 18.3. The zero-order valence-corrected chi connectivity index (χ0v) is 16.4. The van der Waals surface area contributed by atoms with Crippen LogP contribution in [-0.2, 0) is 23.6 Å². The number of benzene rings is 1. The van der Waals surface area contributed by atoms with E-state index in [1.54, 1.807) is 36.5 Å². The number of para-hydroxylation sites is 1. The molecule has 0 spiro atoms. The monoisotopic (exact) mass is 373 g/mol. The van der Waals surface area contributed by atoms with Crippen molar-refractivity contribution in [1.29, 1.82) is 0 Å². The first-order valence-electron chi connectivity index (χ1n) is 8.29. The Balaban J connectivity index is 1.99. The smallest absolute Gasteiger partial charge is 0.246 e. The molecule has 0 radical (unpaired) electrons. The zero-order chi connectivity index (χ0) is 19.1. The van der Waals surface area contributed by atoms with Gasteiger partial charge >= 0.3 is 0 Å². The van der Waals surface area contributed by atoms with Gasteiger partial charge in [-0.25, -0.2) is 13.1 Å². The zero-order valence-electron chi connectivity index (χ0n) is 15.6. The van der Waals surface area contributed by atoms with Crippen molar-refractivity contribution in [1.82, 2.24) is 23.9 Å². The fourth-order valence-electron chi connectivity index (χ4n) is 3.00. The fourth-order valence-corrected chi connectivity index (χ4v) is 4.50. The first-order valence-corrected chi connectivity index (χ1v) is 9.73. The van der Waals surface area contributed by atoms with Crippen LogP contribution < -0.4 is 0 Å². The van der Waals surface area contributed by atoms with Gasteiger partial charge in [-0.15, -0.1) is 0 Å².